The highest BCUT2D eigenvalue weighted by Crippen LogP contribution is 2.26. The molecule has 146 valence electrons. The number of rotatable bonds is 5. The lowest BCUT2D eigenvalue weighted by molar-refractivity contribution is 0.0981. The normalized spacial score (nSPS) is 16.8. The van der Waals surface area contributed by atoms with Crippen LogP contribution >= 0.6 is 11.3 Å². The van der Waals surface area contributed by atoms with Crippen LogP contribution < -0.4 is 15.0 Å². The minimum Gasteiger partial charge on any atom is -0.494 e. The molecule has 1 aliphatic heterocycles. The van der Waals surface area contributed by atoms with E-state index in [2.05, 4.69) is 30.6 Å². The van der Waals surface area contributed by atoms with Crippen LogP contribution in [0.4, 0.5) is 11.8 Å². The van der Waals surface area contributed by atoms with Gasteiger partial charge in [-0.1, -0.05) is 11.2 Å². The number of ether oxygens (including phenoxy) is 2. The summed E-state index contributed by atoms with van der Waals surface area (Å²) < 4.78 is 16.3. The number of aromatic nitrogens is 4. The molecule has 4 rings (SSSR count). The zero-order valence-corrected chi connectivity index (χ0v) is 16.1. The Labute approximate surface area is 164 Å². The van der Waals surface area contributed by atoms with E-state index in [-0.39, 0.29) is 17.8 Å². The molecule has 3 aromatic rings. The van der Waals surface area contributed by atoms with Gasteiger partial charge in [0, 0.05) is 12.6 Å². The van der Waals surface area contributed by atoms with Crippen LogP contribution in [0.3, 0.4) is 0 Å². The first-order chi connectivity index (χ1) is 13.7. The van der Waals surface area contributed by atoms with Crippen molar-refractivity contribution in [1.82, 2.24) is 20.4 Å². The van der Waals surface area contributed by atoms with E-state index in [4.69, 9.17) is 13.9 Å². The molecule has 1 amide bonds. The average molecular weight is 402 g/mol. The predicted molar refractivity (Wildman–Crippen MR) is 102 cm³/mol. The number of carbonyl (C=O) groups excluding carboxylic acids is 1. The van der Waals surface area contributed by atoms with Crippen LogP contribution in [-0.4, -0.2) is 59.2 Å². The molecule has 10 nitrogen and oxygen atoms in total. The van der Waals surface area contributed by atoms with E-state index >= 15 is 0 Å². The van der Waals surface area contributed by atoms with E-state index in [0.717, 1.165) is 4.88 Å². The second kappa shape index (κ2) is 7.90. The van der Waals surface area contributed by atoms with Gasteiger partial charge >= 0.3 is 6.01 Å². The first-order valence-electron chi connectivity index (χ1n) is 8.60. The fraction of sp³-hybridized carbons (Fsp3) is 0.353. The molecule has 1 N–H and O–H groups in total. The van der Waals surface area contributed by atoms with Crippen molar-refractivity contribution < 1.29 is 18.7 Å². The molecular formula is C17H18N6O4S. The lowest BCUT2D eigenvalue weighted by Gasteiger charge is -2.34. The van der Waals surface area contributed by atoms with E-state index in [1.807, 2.05) is 24.4 Å². The van der Waals surface area contributed by atoms with Gasteiger partial charge in [0.15, 0.2) is 17.3 Å². The molecule has 0 radical (unpaired) electrons. The fourth-order valence-electron chi connectivity index (χ4n) is 2.82. The Bertz CT molecular complexity index is 960. The van der Waals surface area contributed by atoms with Crippen LogP contribution in [0.1, 0.15) is 17.4 Å². The highest BCUT2D eigenvalue weighted by Gasteiger charge is 2.24. The standard InChI is InChI=1S/C17H18N6O4S/c1-10-9-26-6-5-23(10)13-8-11(25-2)14(20-19-13)15(24)18-17-22-21-16(27-17)12-4-3-7-28-12/h3-4,7-8,10H,5-6,9H2,1-2H3,(H,18,22,24)/t10-/m0/s1. The maximum Gasteiger partial charge on any atom is 0.322 e. The van der Waals surface area contributed by atoms with Crippen molar-refractivity contribution in [3.05, 3.63) is 29.3 Å². The predicted octanol–water partition coefficient (Wildman–Crippen LogP) is 2.07. The first-order valence-corrected chi connectivity index (χ1v) is 9.48. The van der Waals surface area contributed by atoms with Gasteiger partial charge in [0.1, 0.15) is 0 Å². The van der Waals surface area contributed by atoms with E-state index < -0.39 is 5.91 Å². The van der Waals surface area contributed by atoms with Crippen LogP contribution in [0, 0.1) is 0 Å². The minimum atomic E-state index is -0.549. The average Bonchev–Trinajstić information content (AvgIpc) is 3.39. The van der Waals surface area contributed by atoms with Gasteiger partial charge in [0.2, 0.25) is 0 Å². The van der Waals surface area contributed by atoms with E-state index in [9.17, 15) is 4.79 Å². The molecule has 0 spiro atoms. The van der Waals surface area contributed by atoms with Crippen molar-refractivity contribution in [2.45, 2.75) is 13.0 Å². The molecule has 1 fully saturated rings. The van der Waals surface area contributed by atoms with Gasteiger partial charge in [-0.2, -0.15) is 0 Å². The second-order valence-electron chi connectivity index (χ2n) is 6.08. The summed E-state index contributed by atoms with van der Waals surface area (Å²) >= 11 is 1.46. The summed E-state index contributed by atoms with van der Waals surface area (Å²) in [4.78, 5) is 15.5. The maximum atomic E-state index is 12.6. The van der Waals surface area contributed by atoms with Gasteiger partial charge in [-0.3, -0.25) is 10.1 Å². The van der Waals surface area contributed by atoms with Gasteiger partial charge in [0.25, 0.3) is 11.8 Å². The summed E-state index contributed by atoms with van der Waals surface area (Å²) in [6.07, 6.45) is 0. The number of thiophene rings is 1. The Balaban J connectivity index is 1.52. The van der Waals surface area contributed by atoms with E-state index in [1.165, 1.54) is 18.4 Å². The van der Waals surface area contributed by atoms with E-state index in [1.54, 1.807) is 6.07 Å². The van der Waals surface area contributed by atoms with E-state index in [0.29, 0.717) is 37.2 Å². The number of nitrogens with zero attached hydrogens (tertiary/aromatic N) is 5. The quantitative estimate of drug-likeness (QED) is 0.684. The lowest BCUT2D eigenvalue weighted by Crippen LogP contribution is -2.44. The highest BCUT2D eigenvalue weighted by atomic mass is 32.1. The lowest BCUT2D eigenvalue weighted by atomic mass is 10.2. The third-order valence-corrected chi connectivity index (χ3v) is 5.08. The number of hydrogen-bond donors (Lipinski definition) is 1. The number of nitrogens with one attached hydrogen (secondary N) is 1. The summed E-state index contributed by atoms with van der Waals surface area (Å²) in [5, 5.41) is 20.4. The Morgan fingerprint density at radius 2 is 2.25 bits per heavy atom. The number of carbonyl (C=O) groups is 1. The fourth-order valence-corrected chi connectivity index (χ4v) is 3.46. The van der Waals surface area contributed by atoms with Crippen LogP contribution in [0.2, 0.25) is 0 Å². The largest absolute Gasteiger partial charge is 0.494 e. The van der Waals surface area contributed by atoms with Gasteiger partial charge in [0.05, 0.1) is 31.2 Å². The molecule has 0 saturated carbocycles. The summed E-state index contributed by atoms with van der Waals surface area (Å²) in [6, 6.07) is 5.54. The number of amides is 1. The number of hydrogen-bond acceptors (Lipinski definition) is 10. The minimum absolute atomic E-state index is 0.0249. The summed E-state index contributed by atoms with van der Waals surface area (Å²) in [5.74, 6) is 0.716. The molecule has 0 bridgehead atoms. The Hall–Kier alpha value is -3.05. The topological polar surface area (TPSA) is 116 Å². The van der Waals surface area contributed by atoms with Crippen molar-refractivity contribution in [2.24, 2.45) is 0 Å². The molecular weight excluding hydrogens is 384 g/mol. The molecule has 28 heavy (non-hydrogen) atoms. The van der Waals surface area contributed by atoms with Crippen molar-refractivity contribution in [3.63, 3.8) is 0 Å². The molecule has 1 atom stereocenters. The maximum absolute atomic E-state index is 12.6. The van der Waals surface area contributed by atoms with Crippen molar-refractivity contribution in [1.29, 1.82) is 0 Å². The molecule has 0 unspecified atom stereocenters. The molecule has 11 heteroatoms. The first kappa shape index (κ1) is 18.3. The van der Waals surface area contributed by atoms with Crippen molar-refractivity contribution in [3.8, 4) is 16.5 Å². The molecule has 0 aromatic carbocycles. The monoisotopic (exact) mass is 402 g/mol. The molecule has 0 aliphatic carbocycles. The Kier molecular flexibility index (Phi) is 5.17. The molecule has 3 aromatic heterocycles. The van der Waals surface area contributed by atoms with Crippen LogP contribution in [-0.2, 0) is 4.74 Å². The smallest absolute Gasteiger partial charge is 0.322 e. The highest BCUT2D eigenvalue weighted by molar-refractivity contribution is 7.13. The molecule has 1 aliphatic rings. The number of morpholine rings is 1. The summed E-state index contributed by atoms with van der Waals surface area (Å²) in [6.45, 7) is 3.95. The van der Waals surface area contributed by atoms with Gasteiger partial charge in [-0.25, -0.2) is 0 Å². The summed E-state index contributed by atoms with van der Waals surface area (Å²) in [5.41, 5.74) is 0.0306. The van der Waals surface area contributed by atoms with Crippen LogP contribution in [0.15, 0.2) is 28.0 Å². The Morgan fingerprint density at radius 3 is 3.00 bits per heavy atom. The zero-order chi connectivity index (χ0) is 19.5. The molecule has 4 heterocycles. The van der Waals surface area contributed by atoms with Crippen LogP contribution in [0.5, 0.6) is 5.75 Å². The van der Waals surface area contributed by atoms with Crippen molar-refractivity contribution >= 4 is 29.1 Å². The second-order valence-corrected chi connectivity index (χ2v) is 7.03. The summed E-state index contributed by atoms with van der Waals surface area (Å²) in [7, 11) is 1.47. The van der Waals surface area contributed by atoms with Crippen LogP contribution in [0.25, 0.3) is 10.8 Å². The van der Waals surface area contributed by atoms with Gasteiger partial charge in [-0.05, 0) is 18.4 Å². The van der Waals surface area contributed by atoms with Crippen molar-refractivity contribution in [2.75, 3.05) is 37.1 Å². The van der Waals surface area contributed by atoms with Gasteiger partial charge in [-0.15, -0.1) is 26.6 Å². The number of anilines is 2. The third-order valence-electron chi connectivity index (χ3n) is 4.22. The molecule has 1 saturated heterocycles. The van der Waals surface area contributed by atoms with Gasteiger partial charge < -0.3 is 18.8 Å². The third kappa shape index (κ3) is 3.66. The number of methoxy groups -OCH3 is 1. The SMILES string of the molecule is COc1cc(N2CCOC[C@@H]2C)nnc1C(=O)Nc1nnc(-c2cccs2)o1. The Morgan fingerprint density at radius 1 is 1.36 bits per heavy atom. The zero-order valence-electron chi connectivity index (χ0n) is 15.3.